The molecule has 84 valence electrons. The lowest BCUT2D eigenvalue weighted by Gasteiger charge is -2.08. The Morgan fingerprint density at radius 1 is 1.14 bits per heavy atom. The molecule has 14 heavy (non-hydrogen) atoms. The zero-order valence-electron chi connectivity index (χ0n) is 7.24. The van der Waals surface area contributed by atoms with Crippen molar-refractivity contribution < 1.29 is 30.7 Å². The van der Waals surface area contributed by atoms with Gasteiger partial charge in [-0.15, -0.1) is 0 Å². The maximum atomic E-state index is 10.5. The highest BCUT2D eigenvalue weighted by Crippen LogP contribution is 2.13. The first-order valence-electron chi connectivity index (χ1n) is 3.47. The normalized spacial score (nSPS) is 13.1. The van der Waals surface area contributed by atoms with E-state index in [4.69, 9.17) is 9.11 Å². The van der Waals surface area contributed by atoms with Crippen LogP contribution in [0.1, 0.15) is 19.8 Å². The highest BCUT2D eigenvalue weighted by Gasteiger charge is 2.35. The van der Waals surface area contributed by atoms with E-state index >= 15 is 0 Å². The fraction of sp³-hybridized carbons (Fsp3) is 0.800. The lowest BCUT2D eigenvalue weighted by Crippen LogP contribution is -2.30. The van der Waals surface area contributed by atoms with Crippen molar-refractivity contribution in [2.45, 2.75) is 24.3 Å². The molecule has 0 saturated heterocycles. The third kappa shape index (κ3) is 4.65. The fourth-order valence-electron chi connectivity index (χ4n) is 0.773. The molecule has 0 aliphatic heterocycles. The van der Waals surface area contributed by atoms with Crippen molar-refractivity contribution in [2.24, 2.45) is 0 Å². The quantitative estimate of drug-likeness (QED) is 0.623. The van der Waals surface area contributed by atoms with Crippen LogP contribution in [0.2, 0.25) is 0 Å². The topological polar surface area (TPSA) is 126 Å². The van der Waals surface area contributed by atoms with E-state index in [1.54, 1.807) is 0 Å². The zero-order valence-corrected chi connectivity index (χ0v) is 8.88. The van der Waals surface area contributed by atoms with Gasteiger partial charge in [-0.3, -0.25) is 9.11 Å². The molecule has 0 aromatic rings. The molecule has 0 aliphatic rings. The van der Waals surface area contributed by atoms with Gasteiger partial charge in [-0.05, 0) is 13.3 Å². The van der Waals surface area contributed by atoms with Gasteiger partial charge in [0.2, 0.25) is 4.58 Å². The van der Waals surface area contributed by atoms with Crippen molar-refractivity contribution >= 4 is 26.0 Å². The highest BCUT2D eigenvalue weighted by molar-refractivity contribution is 8.03. The molecule has 0 aromatic carbocycles. The first kappa shape index (κ1) is 13.5. The van der Waals surface area contributed by atoms with E-state index in [9.17, 15) is 21.6 Å². The summed E-state index contributed by atoms with van der Waals surface area (Å²) in [7, 11) is -9.82. The highest BCUT2D eigenvalue weighted by atomic mass is 32.3. The van der Waals surface area contributed by atoms with Crippen LogP contribution in [-0.2, 0) is 25.0 Å². The van der Waals surface area contributed by atoms with E-state index in [0.717, 1.165) is 6.92 Å². The predicted molar refractivity (Wildman–Crippen MR) is 46.8 cm³/mol. The average Bonchev–Trinajstić information content (AvgIpc) is 1.78. The largest absolute Gasteiger partial charge is 0.300 e. The Bertz CT molecular complexity index is 371. The maximum Gasteiger partial charge on any atom is 0.284 e. The molecule has 0 spiro atoms. The molecule has 0 bridgehead atoms. The van der Waals surface area contributed by atoms with E-state index in [2.05, 4.69) is 0 Å². The molecule has 0 unspecified atom stereocenters. The third-order valence-corrected chi connectivity index (χ3v) is 4.66. The first-order valence-corrected chi connectivity index (χ1v) is 6.48. The molecular formula is C5H10O7S2. The van der Waals surface area contributed by atoms with E-state index in [0.29, 0.717) is 0 Å². The summed E-state index contributed by atoms with van der Waals surface area (Å²) in [5.41, 5.74) is 0. The summed E-state index contributed by atoms with van der Waals surface area (Å²) in [6, 6.07) is 0. The smallest absolute Gasteiger partial charge is 0.284 e. The molecule has 0 atom stereocenters. The van der Waals surface area contributed by atoms with Crippen LogP contribution in [0.25, 0.3) is 0 Å². The average molecular weight is 246 g/mol. The summed E-state index contributed by atoms with van der Waals surface area (Å²) in [4.78, 5) is 10.4. The second kappa shape index (κ2) is 4.34. The molecule has 0 heterocycles. The van der Waals surface area contributed by atoms with Crippen molar-refractivity contribution in [3.05, 3.63) is 0 Å². The molecular weight excluding hydrogens is 236 g/mol. The summed E-state index contributed by atoms with van der Waals surface area (Å²) >= 11 is 0. The van der Waals surface area contributed by atoms with Crippen molar-refractivity contribution in [2.75, 3.05) is 0 Å². The molecule has 0 aromatic heterocycles. The van der Waals surface area contributed by atoms with Crippen LogP contribution in [-0.4, -0.2) is 36.3 Å². The van der Waals surface area contributed by atoms with Crippen molar-refractivity contribution in [3.63, 3.8) is 0 Å². The number of carbonyl (C=O) groups excluding carboxylic acids is 1. The van der Waals surface area contributed by atoms with Gasteiger partial charge in [0.25, 0.3) is 20.2 Å². The monoisotopic (exact) mass is 246 g/mol. The van der Waals surface area contributed by atoms with Gasteiger partial charge in [-0.25, -0.2) is 0 Å². The van der Waals surface area contributed by atoms with Gasteiger partial charge in [0.1, 0.15) is 5.78 Å². The number of hydrogen-bond acceptors (Lipinski definition) is 5. The van der Waals surface area contributed by atoms with Gasteiger partial charge in [0, 0.05) is 6.42 Å². The Kier molecular flexibility index (Phi) is 4.18. The number of hydrogen-bond donors (Lipinski definition) is 2. The van der Waals surface area contributed by atoms with Crippen molar-refractivity contribution in [3.8, 4) is 0 Å². The fourth-order valence-corrected chi connectivity index (χ4v) is 2.83. The molecule has 0 saturated carbocycles. The van der Waals surface area contributed by atoms with Gasteiger partial charge >= 0.3 is 0 Å². The standard InChI is InChI=1S/C5H10O7S2/c1-4(6)2-3-5(13(7,8)9)14(10,11)12/h5H,2-3H2,1H3,(H,7,8,9)(H,10,11,12). The van der Waals surface area contributed by atoms with E-state index < -0.39 is 37.0 Å². The van der Waals surface area contributed by atoms with Gasteiger partial charge in [0.15, 0.2) is 0 Å². The minimum absolute atomic E-state index is 0.357. The number of ketones is 1. The Morgan fingerprint density at radius 3 is 1.71 bits per heavy atom. The van der Waals surface area contributed by atoms with E-state index in [-0.39, 0.29) is 6.42 Å². The molecule has 7 nitrogen and oxygen atoms in total. The molecule has 2 N–H and O–H groups in total. The van der Waals surface area contributed by atoms with Crippen molar-refractivity contribution in [1.82, 2.24) is 0 Å². The summed E-state index contributed by atoms with van der Waals surface area (Å²) < 4.78 is 56.5. The second-order valence-electron chi connectivity index (χ2n) is 2.70. The van der Waals surface area contributed by atoms with Gasteiger partial charge in [-0.1, -0.05) is 0 Å². The van der Waals surface area contributed by atoms with Crippen LogP contribution < -0.4 is 0 Å². The van der Waals surface area contributed by atoms with Gasteiger partial charge in [0.05, 0.1) is 0 Å². The van der Waals surface area contributed by atoms with E-state index in [1.807, 2.05) is 0 Å². The maximum absolute atomic E-state index is 10.5. The Balaban J connectivity index is 4.88. The molecule has 9 heteroatoms. The van der Waals surface area contributed by atoms with Crippen LogP contribution in [0.5, 0.6) is 0 Å². The minimum atomic E-state index is -4.91. The Labute approximate surface area is 81.6 Å². The molecule has 0 radical (unpaired) electrons. The first-order chi connectivity index (χ1) is 6.05. The zero-order chi connectivity index (χ0) is 11.6. The van der Waals surface area contributed by atoms with Crippen LogP contribution in [0, 0.1) is 0 Å². The van der Waals surface area contributed by atoms with Crippen molar-refractivity contribution in [1.29, 1.82) is 0 Å². The van der Waals surface area contributed by atoms with Gasteiger partial charge in [-0.2, -0.15) is 16.8 Å². The van der Waals surface area contributed by atoms with Crippen LogP contribution >= 0.6 is 0 Å². The molecule has 0 amide bonds. The summed E-state index contributed by atoms with van der Waals surface area (Å²) in [6.07, 6.45) is -1.02. The molecule has 0 aliphatic carbocycles. The third-order valence-electron chi connectivity index (χ3n) is 1.40. The van der Waals surface area contributed by atoms with Gasteiger partial charge < -0.3 is 4.79 Å². The number of Topliss-reactive ketones (excluding diaryl/α,β-unsaturated/α-hetero) is 1. The predicted octanol–water partition coefficient (Wildman–Crippen LogP) is -0.543. The number of carbonyl (C=O) groups is 1. The lowest BCUT2D eigenvalue weighted by atomic mass is 10.2. The Hall–Kier alpha value is -0.510. The Morgan fingerprint density at radius 2 is 1.50 bits per heavy atom. The van der Waals surface area contributed by atoms with E-state index in [1.165, 1.54) is 0 Å². The SMILES string of the molecule is CC(=O)CCC(S(=O)(=O)O)S(=O)(=O)O. The summed E-state index contributed by atoms with van der Waals surface area (Å²) in [6.45, 7) is 1.13. The van der Waals surface area contributed by atoms with Crippen LogP contribution in [0.3, 0.4) is 0 Å². The molecule has 0 fully saturated rings. The van der Waals surface area contributed by atoms with Crippen LogP contribution in [0.15, 0.2) is 0 Å². The molecule has 0 rings (SSSR count). The second-order valence-corrected chi connectivity index (χ2v) is 6.20. The lowest BCUT2D eigenvalue weighted by molar-refractivity contribution is -0.117. The minimum Gasteiger partial charge on any atom is -0.300 e. The van der Waals surface area contributed by atoms with Crippen LogP contribution in [0.4, 0.5) is 0 Å². The number of rotatable bonds is 5. The summed E-state index contributed by atoms with van der Waals surface area (Å²) in [5, 5.41) is 0. The summed E-state index contributed by atoms with van der Waals surface area (Å²) in [5.74, 6) is -0.442.